The van der Waals surface area contributed by atoms with Crippen LogP contribution in [0.15, 0.2) is 67.3 Å². The maximum Gasteiger partial charge on any atom is 0.303 e. The number of nitrogens with zero attached hydrogens (tertiary/aromatic N) is 4. The molecule has 0 saturated heterocycles. The van der Waals surface area contributed by atoms with Crippen molar-refractivity contribution in [3.63, 3.8) is 0 Å². The number of hydrogen-bond donors (Lipinski definition) is 2. The van der Waals surface area contributed by atoms with E-state index < -0.39 is 11.9 Å². The highest BCUT2D eigenvalue weighted by atomic mass is 16.4. The van der Waals surface area contributed by atoms with Gasteiger partial charge in [0.2, 0.25) is 5.91 Å². The number of carboxylic acid groups (broad SMARTS) is 1. The molecule has 0 aliphatic heterocycles. The van der Waals surface area contributed by atoms with Gasteiger partial charge in [0.15, 0.2) is 0 Å². The lowest BCUT2D eigenvalue weighted by molar-refractivity contribution is -0.136. The van der Waals surface area contributed by atoms with Crippen LogP contribution in [0.3, 0.4) is 0 Å². The zero-order valence-electron chi connectivity index (χ0n) is 16.9. The van der Waals surface area contributed by atoms with E-state index in [1.54, 1.807) is 23.1 Å². The molecule has 0 spiro atoms. The quantitative estimate of drug-likeness (QED) is 0.481. The first-order valence-electron chi connectivity index (χ1n) is 9.72. The van der Waals surface area contributed by atoms with Crippen molar-refractivity contribution in [1.82, 2.24) is 19.3 Å². The van der Waals surface area contributed by atoms with Gasteiger partial charge in [-0.25, -0.2) is 9.67 Å². The topological polar surface area (TPSA) is 116 Å². The highest BCUT2D eigenvalue weighted by molar-refractivity contribution is 5.93. The number of carboxylic acids is 1. The summed E-state index contributed by atoms with van der Waals surface area (Å²) in [7, 11) is 0. The van der Waals surface area contributed by atoms with E-state index in [1.807, 2.05) is 54.0 Å². The Balaban J connectivity index is 1.80. The van der Waals surface area contributed by atoms with Crippen molar-refractivity contribution in [3.8, 4) is 22.6 Å². The van der Waals surface area contributed by atoms with Crippen LogP contribution in [0.25, 0.3) is 22.6 Å². The Morgan fingerprint density at radius 2 is 1.84 bits per heavy atom. The van der Waals surface area contributed by atoms with Gasteiger partial charge in [-0.15, -0.1) is 0 Å². The maximum absolute atomic E-state index is 11.6. The van der Waals surface area contributed by atoms with Crippen LogP contribution in [-0.4, -0.2) is 36.3 Å². The van der Waals surface area contributed by atoms with Crippen molar-refractivity contribution in [2.24, 2.45) is 5.73 Å². The smallest absolute Gasteiger partial charge is 0.303 e. The second-order valence-corrected chi connectivity index (χ2v) is 7.19. The molecule has 156 valence electrons. The molecule has 8 heteroatoms. The van der Waals surface area contributed by atoms with Gasteiger partial charge in [-0.3, -0.25) is 9.59 Å². The average molecular weight is 415 g/mol. The van der Waals surface area contributed by atoms with Crippen molar-refractivity contribution in [2.45, 2.75) is 19.8 Å². The van der Waals surface area contributed by atoms with Gasteiger partial charge in [-0.1, -0.05) is 12.1 Å². The van der Waals surface area contributed by atoms with Crippen LogP contribution in [0.2, 0.25) is 0 Å². The van der Waals surface area contributed by atoms with Crippen LogP contribution in [0.4, 0.5) is 0 Å². The molecule has 1 amide bonds. The Morgan fingerprint density at radius 3 is 2.45 bits per heavy atom. The summed E-state index contributed by atoms with van der Waals surface area (Å²) in [5.74, 6) is -1.34. The fraction of sp³-hybridized carbons (Fsp3) is 0.130. The molecule has 4 rings (SSSR count). The molecule has 4 aromatic rings. The number of aromatic nitrogens is 4. The Labute approximate surface area is 178 Å². The van der Waals surface area contributed by atoms with Crippen LogP contribution in [-0.2, 0) is 11.2 Å². The van der Waals surface area contributed by atoms with Crippen molar-refractivity contribution in [2.75, 3.05) is 0 Å². The fourth-order valence-corrected chi connectivity index (χ4v) is 3.60. The van der Waals surface area contributed by atoms with E-state index >= 15 is 0 Å². The number of amides is 1. The Bertz CT molecular complexity index is 1240. The minimum atomic E-state index is -0.854. The number of aryl methyl sites for hydroxylation is 2. The van der Waals surface area contributed by atoms with Crippen molar-refractivity contribution in [3.05, 3.63) is 84.1 Å². The number of carbonyl (C=O) groups is 2. The lowest BCUT2D eigenvalue weighted by Crippen LogP contribution is -2.12. The zero-order chi connectivity index (χ0) is 22.0. The summed E-state index contributed by atoms with van der Waals surface area (Å²) in [5.41, 5.74) is 11.2. The highest BCUT2D eigenvalue weighted by Crippen LogP contribution is 2.30. The molecule has 3 N–H and O–H groups in total. The summed E-state index contributed by atoms with van der Waals surface area (Å²) >= 11 is 0. The summed E-state index contributed by atoms with van der Waals surface area (Å²) in [6, 6.07) is 17.0. The standard InChI is InChI=1S/C23H21N5O3/c1-15-12-17(23(24)31)4-9-20(15)28-19(8-11-22(29)30)7-10-21(28)16-2-5-18(6-3-16)27-14-25-13-26-27/h2-7,9-10,12-14H,8,11H2,1H3,(H2,24,31)(H,29,30). The molecule has 8 nitrogen and oxygen atoms in total. The van der Waals surface area contributed by atoms with Gasteiger partial charge >= 0.3 is 5.97 Å². The van der Waals surface area contributed by atoms with Crippen LogP contribution >= 0.6 is 0 Å². The number of benzene rings is 2. The molecule has 0 unspecified atom stereocenters. The molecule has 0 atom stereocenters. The fourth-order valence-electron chi connectivity index (χ4n) is 3.60. The molecule has 0 aliphatic carbocycles. The minimum absolute atomic E-state index is 0.0209. The second-order valence-electron chi connectivity index (χ2n) is 7.19. The van der Waals surface area contributed by atoms with Gasteiger partial charge in [0.1, 0.15) is 12.7 Å². The van der Waals surface area contributed by atoms with Gasteiger partial charge in [-0.05, 0) is 66.9 Å². The molecule has 2 aromatic carbocycles. The molecule has 0 fully saturated rings. The number of nitrogens with two attached hydrogens (primary N) is 1. The Morgan fingerprint density at radius 1 is 1.06 bits per heavy atom. The third kappa shape index (κ3) is 4.09. The summed E-state index contributed by atoms with van der Waals surface area (Å²) in [6.45, 7) is 1.90. The number of carbonyl (C=O) groups excluding carboxylic acids is 1. The Kier molecular flexibility index (Phi) is 5.36. The first-order valence-corrected chi connectivity index (χ1v) is 9.72. The molecule has 0 radical (unpaired) electrons. The largest absolute Gasteiger partial charge is 0.481 e. The molecular weight excluding hydrogens is 394 g/mol. The van der Waals surface area contributed by atoms with E-state index in [9.17, 15) is 9.59 Å². The van der Waals surface area contributed by atoms with E-state index in [0.29, 0.717) is 12.0 Å². The molecule has 2 aromatic heterocycles. The number of hydrogen-bond acceptors (Lipinski definition) is 4. The van der Waals surface area contributed by atoms with E-state index in [-0.39, 0.29) is 6.42 Å². The predicted molar refractivity (Wildman–Crippen MR) is 115 cm³/mol. The summed E-state index contributed by atoms with van der Waals surface area (Å²) in [4.78, 5) is 26.7. The molecule has 0 aliphatic rings. The van der Waals surface area contributed by atoms with Crippen LogP contribution in [0.1, 0.15) is 28.0 Å². The molecule has 0 saturated carbocycles. The van der Waals surface area contributed by atoms with Gasteiger partial charge in [0, 0.05) is 16.9 Å². The van der Waals surface area contributed by atoms with Crippen molar-refractivity contribution < 1.29 is 14.7 Å². The third-order valence-corrected chi connectivity index (χ3v) is 5.13. The van der Waals surface area contributed by atoms with Gasteiger partial charge in [0.25, 0.3) is 0 Å². The number of rotatable bonds is 7. The zero-order valence-corrected chi connectivity index (χ0v) is 16.9. The lowest BCUT2D eigenvalue weighted by atomic mass is 10.1. The summed E-state index contributed by atoms with van der Waals surface area (Å²) < 4.78 is 3.71. The summed E-state index contributed by atoms with van der Waals surface area (Å²) in [6.07, 6.45) is 3.51. The van der Waals surface area contributed by atoms with Crippen molar-refractivity contribution in [1.29, 1.82) is 0 Å². The van der Waals surface area contributed by atoms with Gasteiger partial charge < -0.3 is 15.4 Å². The number of aliphatic carboxylic acids is 1. The van der Waals surface area contributed by atoms with E-state index in [1.165, 1.54) is 6.33 Å². The van der Waals surface area contributed by atoms with E-state index in [0.717, 1.165) is 33.9 Å². The van der Waals surface area contributed by atoms with E-state index in [4.69, 9.17) is 10.8 Å². The molecule has 0 bridgehead atoms. The van der Waals surface area contributed by atoms with Crippen LogP contribution in [0, 0.1) is 6.92 Å². The molecule has 2 heterocycles. The highest BCUT2D eigenvalue weighted by Gasteiger charge is 2.16. The van der Waals surface area contributed by atoms with Crippen LogP contribution in [0.5, 0.6) is 0 Å². The summed E-state index contributed by atoms with van der Waals surface area (Å²) in [5, 5.41) is 13.3. The number of primary amides is 1. The predicted octanol–water partition coefficient (Wildman–Crippen LogP) is 3.15. The first kappa shape index (κ1) is 20.1. The Hall–Kier alpha value is -4.20. The normalized spacial score (nSPS) is 10.9. The van der Waals surface area contributed by atoms with E-state index in [2.05, 4.69) is 10.1 Å². The van der Waals surface area contributed by atoms with Crippen LogP contribution < -0.4 is 5.73 Å². The lowest BCUT2D eigenvalue weighted by Gasteiger charge is -2.17. The maximum atomic E-state index is 11.6. The second kappa shape index (κ2) is 8.27. The first-order chi connectivity index (χ1) is 14.9. The van der Waals surface area contributed by atoms with Gasteiger partial charge in [0.05, 0.1) is 17.8 Å². The average Bonchev–Trinajstić information content (AvgIpc) is 3.42. The van der Waals surface area contributed by atoms with Gasteiger partial charge in [-0.2, -0.15) is 5.10 Å². The SMILES string of the molecule is Cc1cc(C(N)=O)ccc1-n1c(CCC(=O)O)ccc1-c1ccc(-n2cncn2)cc1. The molecule has 31 heavy (non-hydrogen) atoms. The molecular formula is C23H21N5O3. The minimum Gasteiger partial charge on any atom is -0.481 e. The monoisotopic (exact) mass is 415 g/mol. The van der Waals surface area contributed by atoms with Crippen molar-refractivity contribution >= 4 is 11.9 Å². The third-order valence-electron chi connectivity index (χ3n) is 5.13.